The Labute approximate surface area is 142 Å². The van der Waals surface area contributed by atoms with Crippen LogP contribution in [0.15, 0.2) is 57.6 Å². The second kappa shape index (κ2) is 6.38. The first-order chi connectivity index (χ1) is 11.1. The van der Waals surface area contributed by atoms with Crippen LogP contribution in [0, 0.1) is 6.92 Å². The van der Waals surface area contributed by atoms with Gasteiger partial charge in [-0.3, -0.25) is 0 Å². The number of carbonyl (C=O) groups excluding carboxylic acids is 1. The summed E-state index contributed by atoms with van der Waals surface area (Å²) in [6.07, 6.45) is 1.71. The monoisotopic (exact) mass is 371 g/mol. The highest BCUT2D eigenvalue weighted by Crippen LogP contribution is 2.25. The van der Waals surface area contributed by atoms with Crippen LogP contribution in [-0.4, -0.2) is 19.0 Å². The van der Waals surface area contributed by atoms with Gasteiger partial charge < -0.3 is 9.47 Å². The van der Waals surface area contributed by atoms with Crippen LogP contribution in [0.5, 0.6) is 5.75 Å². The molecule has 0 atom stereocenters. The molecule has 116 valence electrons. The number of nitrogens with zero attached hydrogens (tertiary/aromatic N) is 1. The summed E-state index contributed by atoms with van der Waals surface area (Å²) in [5.74, 6) is 0.654. The van der Waals surface area contributed by atoms with Gasteiger partial charge >= 0.3 is 5.97 Å². The van der Waals surface area contributed by atoms with Gasteiger partial charge in [0.05, 0.1) is 12.7 Å². The quantitative estimate of drug-likeness (QED) is 0.602. The molecule has 0 spiro atoms. The normalized spacial score (nSPS) is 15.5. The summed E-state index contributed by atoms with van der Waals surface area (Å²) in [5, 5.41) is 0. The Hall–Kier alpha value is -2.40. The summed E-state index contributed by atoms with van der Waals surface area (Å²) >= 11 is 3.43. The van der Waals surface area contributed by atoms with Crippen LogP contribution in [0.2, 0.25) is 0 Å². The van der Waals surface area contributed by atoms with Gasteiger partial charge in [-0.15, -0.1) is 0 Å². The lowest BCUT2D eigenvalue weighted by molar-refractivity contribution is -0.129. The van der Waals surface area contributed by atoms with Crippen molar-refractivity contribution in [3.8, 4) is 5.75 Å². The van der Waals surface area contributed by atoms with E-state index in [9.17, 15) is 4.79 Å². The van der Waals surface area contributed by atoms with Gasteiger partial charge in [-0.1, -0.05) is 18.2 Å². The Morgan fingerprint density at radius 3 is 2.70 bits per heavy atom. The zero-order chi connectivity index (χ0) is 16.4. The molecule has 2 aromatic rings. The van der Waals surface area contributed by atoms with Crippen LogP contribution < -0.4 is 4.74 Å². The molecular weight excluding hydrogens is 358 g/mol. The fourth-order valence-electron chi connectivity index (χ4n) is 2.31. The van der Waals surface area contributed by atoms with Crippen molar-refractivity contribution in [1.82, 2.24) is 0 Å². The summed E-state index contributed by atoms with van der Waals surface area (Å²) in [7, 11) is 1.63. The van der Waals surface area contributed by atoms with Gasteiger partial charge in [0.15, 0.2) is 5.70 Å². The molecule has 5 heteroatoms. The number of rotatable bonds is 3. The minimum absolute atomic E-state index is 0.278. The highest BCUT2D eigenvalue weighted by molar-refractivity contribution is 9.10. The molecule has 0 unspecified atom stereocenters. The number of ether oxygens (including phenoxy) is 2. The van der Waals surface area contributed by atoms with E-state index in [1.54, 1.807) is 13.2 Å². The molecule has 0 saturated carbocycles. The fraction of sp³-hybridized carbons (Fsp3) is 0.111. The Bertz CT molecular complexity index is 840. The topological polar surface area (TPSA) is 47.9 Å². The number of hydrogen-bond donors (Lipinski definition) is 0. The molecule has 1 heterocycles. The molecule has 4 nitrogen and oxygen atoms in total. The average molecular weight is 372 g/mol. The van der Waals surface area contributed by atoms with Crippen molar-refractivity contribution >= 4 is 33.9 Å². The first kappa shape index (κ1) is 15.5. The zero-order valence-electron chi connectivity index (χ0n) is 12.7. The van der Waals surface area contributed by atoms with Gasteiger partial charge in [-0.2, -0.15) is 0 Å². The second-order valence-corrected chi connectivity index (χ2v) is 5.90. The maximum Gasteiger partial charge on any atom is 0.363 e. The molecule has 0 aromatic heterocycles. The second-order valence-electron chi connectivity index (χ2n) is 5.04. The fourth-order valence-corrected chi connectivity index (χ4v) is 2.76. The molecule has 0 aliphatic carbocycles. The maximum absolute atomic E-state index is 12.0. The van der Waals surface area contributed by atoms with Gasteiger partial charge in [-0.25, -0.2) is 9.79 Å². The Morgan fingerprint density at radius 1 is 1.22 bits per heavy atom. The molecule has 0 saturated heterocycles. The third-order valence-electron chi connectivity index (χ3n) is 3.45. The highest BCUT2D eigenvalue weighted by atomic mass is 79.9. The molecule has 1 aliphatic heterocycles. The van der Waals surface area contributed by atoms with Gasteiger partial charge in [0.2, 0.25) is 5.90 Å². The van der Waals surface area contributed by atoms with Crippen molar-refractivity contribution in [3.05, 3.63) is 69.3 Å². The molecule has 1 aliphatic rings. The molecular formula is C18H14BrNO3. The van der Waals surface area contributed by atoms with Crippen LogP contribution in [0.25, 0.3) is 6.08 Å². The van der Waals surface area contributed by atoms with E-state index in [4.69, 9.17) is 9.47 Å². The van der Waals surface area contributed by atoms with Crippen molar-refractivity contribution in [2.75, 3.05) is 7.11 Å². The summed E-state index contributed by atoms with van der Waals surface area (Å²) < 4.78 is 11.3. The maximum atomic E-state index is 12.0. The minimum Gasteiger partial charge on any atom is -0.496 e. The standard InChI is InChI=1S/C18H14BrNO3/c1-11-9-12(7-8-16(11)22-2)10-15-18(21)23-17(20-15)13-5-3-4-6-14(13)19/h3-10H,1-2H3/b15-10-. The minimum atomic E-state index is -0.454. The predicted octanol–water partition coefficient (Wildman–Crippen LogP) is 4.11. The number of cyclic esters (lactones) is 1. The van der Waals surface area contributed by atoms with E-state index >= 15 is 0 Å². The largest absolute Gasteiger partial charge is 0.496 e. The van der Waals surface area contributed by atoms with E-state index in [0.29, 0.717) is 5.90 Å². The van der Waals surface area contributed by atoms with Crippen LogP contribution in [-0.2, 0) is 9.53 Å². The molecule has 2 aromatic carbocycles. The average Bonchev–Trinajstić information content (AvgIpc) is 2.89. The van der Waals surface area contributed by atoms with E-state index in [-0.39, 0.29) is 5.70 Å². The molecule has 0 bridgehead atoms. The van der Waals surface area contributed by atoms with Crippen molar-refractivity contribution in [3.63, 3.8) is 0 Å². The van der Waals surface area contributed by atoms with Gasteiger partial charge in [-0.05, 0) is 64.3 Å². The first-order valence-corrected chi connectivity index (χ1v) is 7.80. The smallest absolute Gasteiger partial charge is 0.363 e. The van der Waals surface area contributed by atoms with Crippen molar-refractivity contribution in [1.29, 1.82) is 0 Å². The number of methoxy groups -OCH3 is 1. The lowest BCUT2D eigenvalue weighted by Gasteiger charge is -2.04. The molecule has 3 rings (SSSR count). The summed E-state index contributed by atoms with van der Waals surface area (Å²) in [6.45, 7) is 1.95. The lowest BCUT2D eigenvalue weighted by atomic mass is 10.1. The number of benzene rings is 2. The molecule has 23 heavy (non-hydrogen) atoms. The van der Waals surface area contributed by atoms with E-state index in [1.165, 1.54) is 0 Å². The van der Waals surface area contributed by atoms with Crippen molar-refractivity contribution in [2.24, 2.45) is 4.99 Å². The van der Waals surface area contributed by atoms with E-state index < -0.39 is 5.97 Å². The van der Waals surface area contributed by atoms with Crippen molar-refractivity contribution < 1.29 is 14.3 Å². The number of carbonyl (C=O) groups is 1. The number of hydrogen-bond acceptors (Lipinski definition) is 4. The Balaban J connectivity index is 1.95. The van der Waals surface area contributed by atoms with Crippen molar-refractivity contribution in [2.45, 2.75) is 6.92 Å². The molecule has 0 N–H and O–H groups in total. The Morgan fingerprint density at radius 2 is 2.00 bits per heavy atom. The van der Waals surface area contributed by atoms with E-state index in [2.05, 4.69) is 20.9 Å². The third kappa shape index (κ3) is 3.19. The predicted molar refractivity (Wildman–Crippen MR) is 92.5 cm³/mol. The van der Waals surface area contributed by atoms with Crippen LogP contribution in [0.1, 0.15) is 16.7 Å². The zero-order valence-corrected chi connectivity index (χ0v) is 14.3. The van der Waals surface area contributed by atoms with Gasteiger partial charge in [0.1, 0.15) is 5.75 Å². The molecule has 0 radical (unpaired) electrons. The number of aryl methyl sites for hydroxylation is 1. The van der Waals surface area contributed by atoms with E-state index in [1.807, 2.05) is 49.4 Å². The number of aliphatic imine (C=N–C) groups is 1. The highest BCUT2D eigenvalue weighted by Gasteiger charge is 2.25. The lowest BCUT2D eigenvalue weighted by Crippen LogP contribution is -2.05. The van der Waals surface area contributed by atoms with Gasteiger partial charge in [0.25, 0.3) is 0 Å². The van der Waals surface area contributed by atoms with Crippen LogP contribution in [0.3, 0.4) is 0 Å². The van der Waals surface area contributed by atoms with E-state index in [0.717, 1.165) is 26.9 Å². The van der Waals surface area contributed by atoms with Crippen LogP contribution >= 0.6 is 15.9 Å². The Kier molecular flexibility index (Phi) is 4.30. The first-order valence-electron chi connectivity index (χ1n) is 7.00. The SMILES string of the molecule is COc1ccc(/C=C2\N=C(c3ccccc3Br)OC2=O)cc1C. The molecule has 0 amide bonds. The third-order valence-corrected chi connectivity index (χ3v) is 4.14. The summed E-state index contributed by atoms with van der Waals surface area (Å²) in [5.41, 5.74) is 2.88. The molecule has 0 fully saturated rings. The summed E-state index contributed by atoms with van der Waals surface area (Å²) in [4.78, 5) is 16.3. The summed E-state index contributed by atoms with van der Waals surface area (Å²) in [6, 6.07) is 13.1. The van der Waals surface area contributed by atoms with Crippen LogP contribution in [0.4, 0.5) is 0 Å². The number of halogens is 1. The number of esters is 1. The van der Waals surface area contributed by atoms with Gasteiger partial charge in [0, 0.05) is 4.47 Å².